The highest BCUT2D eigenvalue weighted by Gasteiger charge is 2.43. The summed E-state index contributed by atoms with van der Waals surface area (Å²) in [5.41, 5.74) is 1.65. The lowest BCUT2D eigenvalue weighted by atomic mass is 10.1. The number of fused-ring (bicyclic) bond motifs is 3. The third-order valence-corrected chi connectivity index (χ3v) is 5.52. The molecule has 5 rings (SSSR count). The van der Waals surface area contributed by atoms with Crippen molar-refractivity contribution in [2.45, 2.75) is 32.6 Å². The van der Waals surface area contributed by atoms with Crippen molar-refractivity contribution in [3.63, 3.8) is 0 Å². The molecular weight excluding hydrogens is 382 g/mol. The maximum atomic E-state index is 14.2. The number of aryl methyl sites for hydroxylation is 2. The zero-order valence-corrected chi connectivity index (χ0v) is 15.9. The highest BCUT2D eigenvalue weighted by atomic mass is 19.1. The number of aromatic nitrogens is 3. The number of rotatable bonds is 2. The molecule has 0 radical (unpaired) electrons. The molecule has 4 heterocycles. The second-order valence-electron chi connectivity index (χ2n) is 7.41. The molecule has 150 valence electrons. The molecule has 2 aliphatic heterocycles. The van der Waals surface area contributed by atoms with Gasteiger partial charge in [0.1, 0.15) is 28.8 Å². The van der Waals surface area contributed by atoms with Gasteiger partial charge in [0, 0.05) is 24.7 Å². The lowest BCUT2D eigenvalue weighted by molar-refractivity contribution is -0.00463. The van der Waals surface area contributed by atoms with E-state index in [9.17, 15) is 13.6 Å². The summed E-state index contributed by atoms with van der Waals surface area (Å²) in [6, 6.07) is 4.86. The van der Waals surface area contributed by atoms with Crippen molar-refractivity contribution in [1.29, 1.82) is 0 Å². The summed E-state index contributed by atoms with van der Waals surface area (Å²) >= 11 is 0. The Bertz CT molecular complexity index is 1120. The lowest BCUT2D eigenvalue weighted by Crippen LogP contribution is -2.32. The first-order chi connectivity index (χ1) is 13.9. The van der Waals surface area contributed by atoms with Gasteiger partial charge in [-0.3, -0.25) is 4.79 Å². The Hall–Kier alpha value is -3.07. The van der Waals surface area contributed by atoms with Gasteiger partial charge in [-0.15, -0.1) is 5.10 Å². The van der Waals surface area contributed by atoms with E-state index in [1.54, 1.807) is 29.5 Å². The van der Waals surface area contributed by atoms with Gasteiger partial charge in [0.2, 0.25) is 0 Å². The Labute approximate surface area is 164 Å². The van der Waals surface area contributed by atoms with E-state index < -0.39 is 11.6 Å². The number of likely N-dealkylation sites (tertiary alicyclic amines) is 1. The van der Waals surface area contributed by atoms with Crippen molar-refractivity contribution in [2.24, 2.45) is 0 Å². The first-order valence-electron chi connectivity index (χ1n) is 9.29. The SMILES string of the molecule is Cc1cc(C(=O)N2C[C@@H]3OCc4c(-c5ccc(F)cc5F)nnn4[C@H]3C2)c(C)o1. The van der Waals surface area contributed by atoms with Crippen LogP contribution in [0.4, 0.5) is 8.78 Å². The van der Waals surface area contributed by atoms with E-state index in [0.717, 1.165) is 6.07 Å². The maximum absolute atomic E-state index is 14.2. The summed E-state index contributed by atoms with van der Waals surface area (Å²) in [6.07, 6.45) is -0.229. The number of furan rings is 1. The molecule has 1 amide bonds. The number of benzene rings is 1. The normalized spacial score (nSPS) is 20.6. The summed E-state index contributed by atoms with van der Waals surface area (Å²) in [7, 11) is 0. The van der Waals surface area contributed by atoms with E-state index in [4.69, 9.17) is 9.15 Å². The van der Waals surface area contributed by atoms with Gasteiger partial charge in [-0.25, -0.2) is 13.5 Å². The van der Waals surface area contributed by atoms with E-state index >= 15 is 0 Å². The van der Waals surface area contributed by atoms with Crippen LogP contribution in [0.3, 0.4) is 0 Å². The molecule has 3 aromatic rings. The average Bonchev–Trinajstić information content (AvgIpc) is 3.37. The first-order valence-corrected chi connectivity index (χ1v) is 9.29. The second kappa shape index (κ2) is 6.48. The lowest BCUT2D eigenvalue weighted by Gasteiger charge is -2.26. The number of carbonyl (C=O) groups excluding carboxylic acids is 1. The van der Waals surface area contributed by atoms with E-state index in [-0.39, 0.29) is 30.2 Å². The largest absolute Gasteiger partial charge is 0.466 e. The van der Waals surface area contributed by atoms with Gasteiger partial charge in [0.15, 0.2) is 0 Å². The average molecular weight is 400 g/mol. The number of carbonyl (C=O) groups is 1. The Morgan fingerprint density at radius 2 is 2.03 bits per heavy atom. The summed E-state index contributed by atoms with van der Waals surface area (Å²) in [4.78, 5) is 14.6. The van der Waals surface area contributed by atoms with E-state index in [1.165, 1.54) is 12.1 Å². The first kappa shape index (κ1) is 18.0. The zero-order chi connectivity index (χ0) is 20.3. The fraction of sp³-hybridized carbons (Fsp3) is 0.350. The Morgan fingerprint density at radius 3 is 2.76 bits per heavy atom. The van der Waals surface area contributed by atoms with Crippen molar-refractivity contribution < 1.29 is 22.7 Å². The zero-order valence-electron chi connectivity index (χ0n) is 15.9. The third-order valence-electron chi connectivity index (χ3n) is 5.52. The van der Waals surface area contributed by atoms with Crippen LogP contribution in [0.15, 0.2) is 28.7 Å². The fourth-order valence-corrected chi connectivity index (χ4v) is 4.13. The molecule has 0 saturated carbocycles. The third kappa shape index (κ3) is 2.84. The summed E-state index contributed by atoms with van der Waals surface area (Å²) < 4.78 is 40.6. The van der Waals surface area contributed by atoms with E-state index in [1.807, 2.05) is 0 Å². The molecule has 1 saturated heterocycles. The summed E-state index contributed by atoms with van der Waals surface area (Å²) in [6.45, 7) is 4.57. The second-order valence-corrected chi connectivity index (χ2v) is 7.41. The van der Waals surface area contributed by atoms with Gasteiger partial charge < -0.3 is 14.1 Å². The van der Waals surface area contributed by atoms with Crippen LogP contribution in [-0.2, 0) is 11.3 Å². The van der Waals surface area contributed by atoms with Gasteiger partial charge >= 0.3 is 0 Å². The predicted octanol–water partition coefficient (Wildman–Crippen LogP) is 3.03. The molecule has 0 unspecified atom stereocenters. The van der Waals surface area contributed by atoms with Gasteiger partial charge in [-0.2, -0.15) is 0 Å². The molecule has 2 aliphatic rings. The van der Waals surface area contributed by atoms with Crippen LogP contribution >= 0.6 is 0 Å². The van der Waals surface area contributed by atoms with Crippen LogP contribution in [0, 0.1) is 25.5 Å². The van der Waals surface area contributed by atoms with Crippen molar-refractivity contribution in [2.75, 3.05) is 13.1 Å². The monoisotopic (exact) mass is 400 g/mol. The van der Waals surface area contributed by atoms with Gasteiger partial charge in [-0.05, 0) is 32.0 Å². The molecule has 9 heteroatoms. The van der Waals surface area contributed by atoms with Crippen LogP contribution in [0.2, 0.25) is 0 Å². The van der Waals surface area contributed by atoms with Crippen LogP contribution in [0.25, 0.3) is 11.3 Å². The molecule has 0 spiro atoms. The standard InChI is InChI=1S/C20H18F2N4O3/c1-10-5-14(11(2)29-10)20(27)25-7-16-18(8-25)28-9-17-19(23-24-26(16)17)13-4-3-12(21)6-15(13)22/h3-6,16,18H,7-9H2,1-2H3/t16-,18-/m0/s1. The number of hydrogen-bond donors (Lipinski definition) is 0. The quantitative estimate of drug-likeness (QED) is 0.661. The minimum absolute atomic E-state index is 0.121. The number of ether oxygens (including phenoxy) is 1. The molecule has 2 atom stereocenters. The summed E-state index contributed by atoms with van der Waals surface area (Å²) in [5.74, 6) is -0.214. The Morgan fingerprint density at radius 1 is 1.21 bits per heavy atom. The van der Waals surface area contributed by atoms with Crippen molar-refractivity contribution in [1.82, 2.24) is 19.9 Å². The highest BCUT2D eigenvalue weighted by Crippen LogP contribution is 2.35. The van der Waals surface area contributed by atoms with Crippen molar-refractivity contribution in [3.8, 4) is 11.3 Å². The van der Waals surface area contributed by atoms with Crippen molar-refractivity contribution in [3.05, 3.63) is 58.7 Å². The highest BCUT2D eigenvalue weighted by molar-refractivity contribution is 5.95. The molecule has 7 nitrogen and oxygen atoms in total. The molecule has 2 aromatic heterocycles. The molecule has 0 aliphatic carbocycles. The Balaban J connectivity index is 1.44. The number of nitrogens with zero attached hydrogens (tertiary/aromatic N) is 4. The topological polar surface area (TPSA) is 73.4 Å². The number of amides is 1. The fourth-order valence-electron chi connectivity index (χ4n) is 4.13. The van der Waals surface area contributed by atoms with Gasteiger partial charge in [0.25, 0.3) is 5.91 Å². The van der Waals surface area contributed by atoms with Crippen molar-refractivity contribution >= 4 is 5.91 Å². The smallest absolute Gasteiger partial charge is 0.257 e. The maximum Gasteiger partial charge on any atom is 0.257 e. The number of halogens is 2. The molecule has 1 fully saturated rings. The minimum atomic E-state index is -0.704. The van der Waals surface area contributed by atoms with Crippen LogP contribution < -0.4 is 0 Å². The van der Waals surface area contributed by atoms with E-state index in [2.05, 4.69) is 10.3 Å². The molecule has 29 heavy (non-hydrogen) atoms. The van der Waals surface area contributed by atoms with Crippen LogP contribution in [-0.4, -0.2) is 45.0 Å². The van der Waals surface area contributed by atoms with Crippen LogP contribution in [0.1, 0.15) is 33.6 Å². The molecule has 0 bridgehead atoms. The molecule has 0 N–H and O–H groups in total. The Kier molecular flexibility index (Phi) is 4.02. The number of hydrogen-bond acceptors (Lipinski definition) is 5. The van der Waals surface area contributed by atoms with Gasteiger partial charge in [-0.1, -0.05) is 5.21 Å². The van der Waals surface area contributed by atoms with Gasteiger partial charge in [0.05, 0.1) is 30.0 Å². The summed E-state index contributed by atoms with van der Waals surface area (Å²) in [5, 5.41) is 8.31. The minimum Gasteiger partial charge on any atom is -0.466 e. The molecular formula is C20H18F2N4O3. The van der Waals surface area contributed by atoms with E-state index in [0.29, 0.717) is 41.6 Å². The predicted molar refractivity (Wildman–Crippen MR) is 97.1 cm³/mol. The molecule has 1 aromatic carbocycles. The van der Waals surface area contributed by atoms with Crippen LogP contribution in [0.5, 0.6) is 0 Å².